The molecule has 0 amide bonds. The topological polar surface area (TPSA) is 21.3 Å². The van der Waals surface area contributed by atoms with Crippen LogP contribution in [-0.2, 0) is 6.54 Å². The van der Waals surface area contributed by atoms with E-state index < -0.39 is 0 Å². The minimum absolute atomic E-state index is 0.845. The van der Waals surface area contributed by atoms with Crippen LogP contribution in [0.3, 0.4) is 0 Å². The van der Waals surface area contributed by atoms with Crippen molar-refractivity contribution in [3.63, 3.8) is 0 Å². The van der Waals surface area contributed by atoms with Gasteiger partial charge >= 0.3 is 0 Å². The summed E-state index contributed by atoms with van der Waals surface area (Å²) < 4.78 is 6.92. The third-order valence-electron chi connectivity index (χ3n) is 2.82. The highest BCUT2D eigenvalue weighted by molar-refractivity contribution is 9.10. The number of nitrogens with one attached hydrogen (secondary N) is 1. The first kappa shape index (κ1) is 14.1. The van der Waals surface area contributed by atoms with Gasteiger partial charge in [-0.15, -0.1) is 0 Å². The molecule has 0 bridgehead atoms. The molecule has 0 aliphatic heterocycles. The van der Waals surface area contributed by atoms with Gasteiger partial charge in [0, 0.05) is 11.0 Å². The van der Waals surface area contributed by atoms with Crippen molar-refractivity contribution < 1.29 is 4.74 Å². The Hall–Kier alpha value is -1.32. The third-order valence-corrected chi connectivity index (χ3v) is 3.55. The number of hydrogen-bond donors (Lipinski definition) is 1. The molecule has 2 rings (SSSR count). The van der Waals surface area contributed by atoms with Crippen molar-refractivity contribution >= 4 is 15.9 Å². The first-order valence-electron chi connectivity index (χ1n) is 6.42. The van der Waals surface area contributed by atoms with E-state index in [1.54, 1.807) is 0 Å². The Bertz CT molecular complexity index is 554. The van der Waals surface area contributed by atoms with Crippen molar-refractivity contribution in [2.45, 2.75) is 20.4 Å². The van der Waals surface area contributed by atoms with Crippen LogP contribution in [0.4, 0.5) is 0 Å². The first-order chi connectivity index (χ1) is 9.19. The number of ether oxygens (including phenoxy) is 1. The van der Waals surface area contributed by atoms with Crippen LogP contribution in [-0.4, -0.2) is 6.54 Å². The predicted molar refractivity (Wildman–Crippen MR) is 82.8 cm³/mol. The molecule has 2 nitrogen and oxygen atoms in total. The molecule has 0 saturated heterocycles. The Morgan fingerprint density at radius 3 is 2.58 bits per heavy atom. The van der Waals surface area contributed by atoms with Gasteiger partial charge in [0.05, 0.1) is 0 Å². The summed E-state index contributed by atoms with van der Waals surface area (Å²) >= 11 is 3.59. The van der Waals surface area contributed by atoms with Crippen LogP contribution >= 0.6 is 15.9 Å². The minimum atomic E-state index is 0.845. The number of benzene rings is 2. The van der Waals surface area contributed by atoms with Crippen molar-refractivity contribution in [1.82, 2.24) is 5.32 Å². The minimum Gasteiger partial charge on any atom is -0.457 e. The summed E-state index contributed by atoms with van der Waals surface area (Å²) in [7, 11) is 0. The third kappa shape index (κ3) is 4.08. The number of hydrogen-bond acceptors (Lipinski definition) is 2. The Morgan fingerprint density at radius 1 is 1.11 bits per heavy atom. The van der Waals surface area contributed by atoms with E-state index >= 15 is 0 Å². The molecule has 1 N–H and O–H groups in total. The standard InChI is InChI=1S/C16H18BrNO/c1-3-18-11-13-7-8-15(10-16(13)17)19-14-6-4-5-12(2)9-14/h4-10,18H,3,11H2,1-2H3. The van der Waals surface area contributed by atoms with E-state index in [2.05, 4.69) is 47.2 Å². The molecule has 0 unspecified atom stereocenters. The molecule has 19 heavy (non-hydrogen) atoms. The molecule has 2 aromatic carbocycles. The van der Waals surface area contributed by atoms with E-state index in [0.29, 0.717) is 0 Å². The van der Waals surface area contributed by atoms with E-state index in [1.165, 1.54) is 11.1 Å². The van der Waals surface area contributed by atoms with Crippen molar-refractivity contribution in [1.29, 1.82) is 0 Å². The van der Waals surface area contributed by atoms with Crippen LogP contribution in [0, 0.1) is 6.92 Å². The Morgan fingerprint density at radius 2 is 1.89 bits per heavy atom. The molecule has 0 saturated carbocycles. The molecule has 2 aromatic rings. The molecule has 0 radical (unpaired) electrons. The molecule has 0 fully saturated rings. The average molecular weight is 320 g/mol. The van der Waals surface area contributed by atoms with Gasteiger partial charge in [0.15, 0.2) is 0 Å². The van der Waals surface area contributed by atoms with Crippen LogP contribution in [0.25, 0.3) is 0 Å². The SMILES string of the molecule is CCNCc1ccc(Oc2cccc(C)c2)cc1Br. The Labute approximate surface area is 122 Å². The van der Waals surface area contributed by atoms with Crippen molar-refractivity contribution in [2.24, 2.45) is 0 Å². The van der Waals surface area contributed by atoms with Gasteiger partial charge in [0.1, 0.15) is 11.5 Å². The molecule has 0 atom stereocenters. The van der Waals surface area contributed by atoms with Crippen molar-refractivity contribution in [2.75, 3.05) is 6.54 Å². The first-order valence-corrected chi connectivity index (χ1v) is 7.22. The normalized spacial score (nSPS) is 10.5. The van der Waals surface area contributed by atoms with Gasteiger partial charge < -0.3 is 10.1 Å². The maximum absolute atomic E-state index is 5.85. The zero-order chi connectivity index (χ0) is 13.7. The lowest BCUT2D eigenvalue weighted by atomic mass is 10.2. The van der Waals surface area contributed by atoms with Gasteiger partial charge in [-0.25, -0.2) is 0 Å². The van der Waals surface area contributed by atoms with Crippen molar-refractivity contribution in [3.8, 4) is 11.5 Å². The summed E-state index contributed by atoms with van der Waals surface area (Å²) in [6, 6.07) is 14.1. The summed E-state index contributed by atoms with van der Waals surface area (Å²) in [5, 5.41) is 3.31. The molecular formula is C16H18BrNO. The highest BCUT2D eigenvalue weighted by atomic mass is 79.9. The second-order valence-corrected chi connectivity index (χ2v) is 5.31. The van der Waals surface area contributed by atoms with Crippen LogP contribution < -0.4 is 10.1 Å². The molecule has 0 heterocycles. The highest BCUT2D eigenvalue weighted by Crippen LogP contribution is 2.27. The zero-order valence-corrected chi connectivity index (χ0v) is 12.8. The van der Waals surface area contributed by atoms with E-state index in [-0.39, 0.29) is 0 Å². The van der Waals surface area contributed by atoms with E-state index in [4.69, 9.17) is 4.74 Å². The van der Waals surface area contributed by atoms with E-state index in [0.717, 1.165) is 29.1 Å². The number of aryl methyl sites for hydroxylation is 1. The second kappa shape index (κ2) is 6.73. The van der Waals surface area contributed by atoms with Gasteiger partial charge in [-0.2, -0.15) is 0 Å². The summed E-state index contributed by atoms with van der Waals surface area (Å²) in [4.78, 5) is 0. The Kier molecular flexibility index (Phi) is 5.00. The molecule has 100 valence electrons. The fourth-order valence-electron chi connectivity index (χ4n) is 1.81. The quantitative estimate of drug-likeness (QED) is 0.865. The van der Waals surface area contributed by atoms with Gasteiger partial charge in [-0.05, 0) is 48.9 Å². The van der Waals surface area contributed by atoms with Gasteiger partial charge in [0.25, 0.3) is 0 Å². The molecular weight excluding hydrogens is 302 g/mol. The number of rotatable bonds is 5. The molecule has 0 spiro atoms. The summed E-state index contributed by atoms with van der Waals surface area (Å²) in [5.41, 5.74) is 2.43. The average Bonchev–Trinajstić information content (AvgIpc) is 2.38. The van der Waals surface area contributed by atoms with Crippen LogP contribution in [0.5, 0.6) is 11.5 Å². The summed E-state index contributed by atoms with van der Waals surface area (Å²) in [5.74, 6) is 1.71. The maximum atomic E-state index is 5.85. The molecule has 3 heteroatoms. The lowest BCUT2D eigenvalue weighted by Crippen LogP contribution is -2.11. The largest absolute Gasteiger partial charge is 0.457 e. The molecule has 0 aliphatic carbocycles. The van der Waals surface area contributed by atoms with Gasteiger partial charge in [-0.3, -0.25) is 0 Å². The van der Waals surface area contributed by atoms with E-state index in [9.17, 15) is 0 Å². The lowest BCUT2D eigenvalue weighted by Gasteiger charge is -2.10. The molecule has 0 aliphatic rings. The summed E-state index contributed by atoms with van der Waals surface area (Å²) in [6.45, 7) is 5.99. The summed E-state index contributed by atoms with van der Waals surface area (Å²) in [6.07, 6.45) is 0. The van der Waals surface area contributed by atoms with Crippen LogP contribution in [0.1, 0.15) is 18.1 Å². The van der Waals surface area contributed by atoms with Crippen LogP contribution in [0.15, 0.2) is 46.9 Å². The lowest BCUT2D eigenvalue weighted by molar-refractivity contribution is 0.481. The zero-order valence-electron chi connectivity index (χ0n) is 11.2. The fourth-order valence-corrected chi connectivity index (χ4v) is 2.31. The second-order valence-electron chi connectivity index (χ2n) is 4.45. The smallest absolute Gasteiger partial charge is 0.128 e. The predicted octanol–water partition coefficient (Wildman–Crippen LogP) is 4.66. The molecule has 0 aromatic heterocycles. The van der Waals surface area contributed by atoms with E-state index in [1.807, 2.05) is 30.3 Å². The highest BCUT2D eigenvalue weighted by Gasteiger charge is 2.03. The van der Waals surface area contributed by atoms with Crippen molar-refractivity contribution in [3.05, 3.63) is 58.1 Å². The fraction of sp³-hybridized carbons (Fsp3) is 0.250. The maximum Gasteiger partial charge on any atom is 0.128 e. The number of halogens is 1. The van der Waals surface area contributed by atoms with Crippen LogP contribution in [0.2, 0.25) is 0 Å². The Balaban J connectivity index is 2.11. The van der Waals surface area contributed by atoms with Gasteiger partial charge in [-0.1, -0.05) is 41.1 Å². The van der Waals surface area contributed by atoms with Gasteiger partial charge in [0.2, 0.25) is 0 Å². The monoisotopic (exact) mass is 319 g/mol.